The summed E-state index contributed by atoms with van der Waals surface area (Å²) in [6.45, 7) is 1.64. The van der Waals surface area contributed by atoms with Gasteiger partial charge < -0.3 is 4.57 Å². The van der Waals surface area contributed by atoms with Crippen LogP contribution in [0, 0.1) is 0 Å². The third kappa shape index (κ3) is 2.28. The van der Waals surface area contributed by atoms with Crippen molar-refractivity contribution in [3.8, 4) is 0 Å². The van der Waals surface area contributed by atoms with Crippen LogP contribution in [0.3, 0.4) is 0 Å². The van der Waals surface area contributed by atoms with Gasteiger partial charge in [-0.05, 0) is 16.3 Å². The van der Waals surface area contributed by atoms with Gasteiger partial charge in [0.15, 0.2) is 5.17 Å². The normalized spacial score (nSPS) is 14.1. The van der Waals surface area contributed by atoms with Crippen molar-refractivity contribution in [1.29, 1.82) is 0 Å². The number of hydrogen-bond acceptors (Lipinski definition) is 2. The van der Waals surface area contributed by atoms with Crippen molar-refractivity contribution >= 4 is 27.5 Å². The summed E-state index contributed by atoms with van der Waals surface area (Å²) in [5, 5.41) is 9.31. The molecule has 110 valence electrons. The highest BCUT2D eigenvalue weighted by atomic mass is 35.5. The van der Waals surface area contributed by atoms with Crippen molar-refractivity contribution in [1.82, 2.24) is 9.58 Å². The van der Waals surface area contributed by atoms with Crippen molar-refractivity contribution in [3.63, 3.8) is 0 Å². The van der Waals surface area contributed by atoms with Crippen LogP contribution in [-0.2, 0) is 13.1 Å². The molecule has 0 atom stereocenters. The van der Waals surface area contributed by atoms with Crippen LogP contribution in [0.15, 0.2) is 60.0 Å². The predicted molar refractivity (Wildman–Crippen MR) is 91.3 cm³/mol. The van der Waals surface area contributed by atoms with E-state index in [1.165, 1.54) is 21.9 Å². The highest BCUT2D eigenvalue weighted by Gasteiger charge is 2.18. The van der Waals surface area contributed by atoms with Crippen LogP contribution >= 0.6 is 11.6 Å². The van der Waals surface area contributed by atoms with Gasteiger partial charge in [0.05, 0.1) is 6.54 Å². The van der Waals surface area contributed by atoms with Crippen LogP contribution in [0.25, 0.3) is 10.8 Å². The minimum absolute atomic E-state index is 0.570. The minimum atomic E-state index is 0.570. The summed E-state index contributed by atoms with van der Waals surface area (Å²) in [6.07, 6.45) is 4.26. The summed E-state index contributed by atoms with van der Waals surface area (Å²) in [7, 11) is 1.94. The summed E-state index contributed by atoms with van der Waals surface area (Å²) in [4.78, 5) is 0. The van der Waals surface area contributed by atoms with Crippen molar-refractivity contribution in [2.75, 3.05) is 7.05 Å². The number of hydrazone groups is 1. The van der Waals surface area contributed by atoms with Crippen molar-refractivity contribution in [3.05, 3.63) is 71.5 Å². The van der Waals surface area contributed by atoms with Crippen LogP contribution in [0.4, 0.5) is 0 Å². The summed E-state index contributed by atoms with van der Waals surface area (Å²) < 4.78 is 2.20. The number of nitrogens with zero attached hydrogens (tertiary/aromatic N) is 3. The molecule has 0 unspecified atom stereocenters. The molecule has 3 aromatic rings. The van der Waals surface area contributed by atoms with E-state index >= 15 is 0 Å². The van der Waals surface area contributed by atoms with Gasteiger partial charge in [0.2, 0.25) is 0 Å². The first-order valence-electron chi connectivity index (χ1n) is 7.31. The zero-order valence-corrected chi connectivity index (χ0v) is 13.1. The first-order chi connectivity index (χ1) is 10.7. The van der Waals surface area contributed by atoms with Crippen LogP contribution in [0.1, 0.15) is 16.7 Å². The summed E-state index contributed by atoms with van der Waals surface area (Å²) in [5.41, 5.74) is 3.58. The Balaban J connectivity index is 1.72. The highest BCUT2D eigenvalue weighted by molar-refractivity contribution is 6.69. The van der Waals surface area contributed by atoms with Gasteiger partial charge in [-0.3, -0.25) is 5.01 Å². The lowest BCUT2D eigenvalue weighted by Crippen LogP contribution is -2.18. The molecule has 3 nitrogen and oxygen atoms in total. The maximum absolute atomic E-state index is 6.25. The molecule has 1 aliphatic heterocycles. The van der Waals surface area contributed by atoms with E-state index in [0.717, 1.165) is 18.7 Å². The molecule has 1 aromatic heterocycles. The number of hydrogen-bond donors (Lipinski definition) is 0. The average Bonchev–Trinajstić information content (AvgIpc) is 2.90. The SMILES string of the molecule is CN1Cc2cn(Cc3cccc4ccccc34)cc2C(Cl)=N1. The number of benzene rings is 2. The molecule has 2 heterocycles. The Hall–Kier alpha value is -2.26. The molecular formula is C18H16ClN3. The first-order valence-corrected chi connectivity index (χ1v) is 7.69. The fourth-order valence-electron chi connectivity index (χ4n) is 3.07. The topological polar surface area (TPSA) is 20.5 Å². The summed E-state index contributed by atoms with van der Waals surface area (Å²) in [6, 6.07) is 14.9. The number of rotatable bonds is 2. The standard InChI is InChI=1S/C18H16ClN3/c1-21-9-15-11-22(12-17(15)18(19)20-21)10-14-7-4-6-13-5-2-3-8-16(13)14/h2-8,11-12H,9-10H2,1H3. The Morgan fingerprint density at radius 2 is 1.91 bits per heavy atom. The van der Waals surface area contributed by atoms with Crippen LogP contribution < -0.4 is 0 Å². The molecule has 22 heavy (non-hydrogen) atoms. The zero-order chi connectivity index (χ0) is 15.1. The monoisotopic (exact) mass is 309 g/mol. The Labute approximate surface area is 134 Å². The van der Waals surface area contributed by atoms with Crippen LogP contribution in [0.5, 0.6) is 0 Å². The largest absolute Gasteiger partial charge is 0.349 e. The Kier molecular flexibility index (Phi) is 3.16. The van der Waals surface area contributed by atoms with Gasteiger partial charge in [-0.2, -0.15) is 5.10 Å². The number of fused-ring (bicyclic) bond motifs is 2. The van der Waals surface area contributed by atoms with Crippen LogP contribution in [-0.4, -0.2) is 21.8 Å². The van der Waals surface area contributed by atoms with Gasteiger partial charge >= 0.3 is 0 Å². The van der Waals surface area contributed by atoms with Gasteiger partial charge in [-0.15, -0.1) is 0 Å². The zero-order valence-electron chi connectivity index (χ0n) is 12.3. The maximum Gasteiger partial charge on any atom is 0.158 e. The molecule has 4 heteroatoms. The molecule has 1 aliphatic rings. The van der Waals surface area contributed by atoms with E-state index in [-0.39, 0.29) is 0 Å². The quantitative estimate of drug-likeness (QED) is 0.700. The molecule has 0 saturated carbocycles. The molecule has 0 fully saturated rings. The fraction of sp³-hybridized carbons (Fsp3) is 0.167. The van der Waals surface area contributed by atoms with E-state index in [0.29, 0.717) is 5.17 Å². The molecule has 0 N–H and O–H groups in total. The molecule has 4 rings (SSSR count). The van der Waals surface area contributed by atoms with Crippen molar-refractivity contribution in [2.24, 2.45) is 5.10 Å². The molecule has 0 spiro atoms. The van der Waals surface area contributed by atoms with E-state index in [9.17, 15) is 0 Å². The highest BCUT2D eigenvalue weighted by Crippen LogP contribution is 2.24. The van der Waals surface area contributed by atoms with Gasteiger partial charge in [0, 0.05) is 37.1 Å². The van der Waals surface area contributed by atoms with Gasteiger partial charge in [0.25, 0.3) is 0 Å². The Morgan fingerprint density at radius 3 is 2.82 bits per heavy atom. The molecule has 0 bridgehead atoms. The third-order valence-electron chi connectivity index (χ3n) is 4.08. The summed E-state index contributed by atoms with van der Waals surface area (Å²) in [5.74, 6) is 0. The van der Waals surface area contributed by atoms with E-state index in [2.05, 4.69) is 64.5 Å². The Bertz CT molecular complexity index is 874. The van der Waals surface area contributed by atoms with Crippen molar-refractivity contribution < 1.29 is 0 Å². The second-order valence-corrected chi connectivity index (χ2v) is 6.07. The minimum Gasteiger partial charge on any atom is -0.349 e. The maximum atomic E-state index is 6.25. The van der Waals surface area contributed by atoms with Gasteiger partial charge in [-0.25, -0.2) is 0 Å². The van der Waals surface area contributed by atoms with Gasteiger partial charge in [0.1, 0.15) is 0 Å². The van der Waals surface area contributed by atoms with Crippen molar-refractivity contribution in [2.45, 2.75) is 13.1 Å². The molecule has 0 radical (unpaired) electrons. The summed E-state index contributed by atoms with van der Waals surface area (Å²) >= 11 is 6.25. The predicted octanol–water partition coefficient (Wildman–Crippen LogP) is 4.04. The smallest absolute Gasteiger partial charge is 0.158 e. The third-order valence-corrected chi connectivity index (χ3v) is 4.35. The lowest BCUT2D eigenvalue weighted by molar-refractivity contribution is 0.342. The average molecular weight is 310 g/mol. The second-order valence-electron chi connectivity index (χ2n) is 5.71. The van der Waals surface area contributed by atoms with Crippen LogP contribution in [0.2, 0.25) is 0 Å². The second kappa shape index (κ2) is 5.18. The van der Waals surface area contributed by atoms with E-state index in [4.69, 9.17) is 11.6 Å². The molecule has 2 aromatic carbocycles. The van der Waals surface area contributed by atoms with E-state index < -0.39 is 0 Å². The molecule has 0 aliphatic carbocycles. The Morgan fingerprint density at radius 1 is 1.09 bits per heavy atom. The van der Waals surface area contributed by atoms with E-state index in [1.54, 1.807) is 0 Å². The number of aromatic nitrogens is 1. The molecule has 0 amide bonds. The lowest BCUT2D eigenvalue weighted by Gasteiger charge is -2.18. The number of halogens is 1. The molecular weight excluding hydrogens is 294 g/mol. The fourth-order valence-corrected chi connectivity index (χ4v) is 3.37. The molecule has 0 saturated heterocycles. The first kappa shape index (κ1) is 13.4. The van der Waals surface area contributed by atoms with E-state index in [1.807, 2.05) is 12.1 Å². The van der Waals surface area contributed by atoms with Gasteiger partial charge in [-0.1, -0.05) is 54.1 Å². The lowest BCUT2D eigenvalue weighted by atomic mass is 10.0.